The Morgan fingerprint density at radius 3 is 2.84 bits per heavy atom. The van der Waals surface area contributed by atoms with Crippen molar-refractivity contribution in [3.05, 3.63) is 34.9 Å². The van der Waals surface area contributed by atoms with Crippen LogP contribution in [0.3, 0.4) is 0 Å². The maximum Gasteiger partial charge on any atom is 0.220 e. The van der Waals surface area contributed by atoms with Crippen LogP contribution < -0.4 is 10.6 Å². The van der Waals surface area contributed by atoms with Crippen molar-refractivity contribution in [3.8, 4) is 0 Å². The van der Waals surface area contributed by atoms with E-state index < -0.39 is 0 Å². The zero-order valence-electron chi connectivity index (χ0n) is 11.1. The molecule has 3 nitrogen and oxygen atoms in total. The number of nitrogens with one attached hydrogen (secondary N) is 2. The molecule has 1 aliphatic heterocycles. The summed E-state index contributed by atoms with van der Waals surface area (Å²) in [4.78, 5) is 11.7. The van der Waals surface area contributed by atoms with E-state index in [0.717, 1.165) is 31.0 Å². The maximum atomic E-state index is 11.7. The molecule has 1 amide bonds. The Bertz CT molecular complexity index is 399. The van der Waals surface area contributed by atoms with E-state index in [1.165, 1.54) is 12.0 Å². The summed E-state index contributed by atoms with van der Waals surface area (Å²) >= 11 is 5.82. The molecule has 4 heteroatoms. The third kappa shape index (κ3) is 5.21. The van der Waals surface area contributed by atoms with E-state index in [-0.39, 0.29) is 5.91 Å². The van der Waals surface area contributed by atoms with E-state index in [4.69, 9.17) is 11.6 Å². The van der Waals surface area contributed by atoms with Gasteiger partial charge in [-0.15, -0.1) is 0 Å². The number of carbonyl (C=O) groups is 1. The van der Waals surface area contributed by atoms with Crippen LogP contribution in [0, 0.1) is 5.92 Å². The highest BCUT2D eigenvalue weighted by molar-refractivity contribution is 6.30. The maximum absolute atomic E-state index is 11.7. The molecular weight excluding hydrogens is 260 g/mol. The summed E-state index contributed by atoms with van der Waals surface area (Å²) in [7, 11) is 0. The summed E-state index contributed by atoms with van der Waals surface area (Å²) in [5.41, 5.74) is 1.20. The fourth-order valence-corrected chi connectivity index (χ4v) is 2.51. The molecule has 1 aromatic rings. The lowest BCUT2D eigenvalue weighted by Gasteiger charge is -2.08. The molecule has 1 atom stereocenters. The lowest BCUT2D eigenvalue weighted by molar-refractivity contribution is -0.121. The number of hydrogen-bond acceptors (Lipinski definition) is 2. The van der Waals surface area contributed by atoms with Crippen LogP contribution in [0.4, 0.5) is 0 Å². The molecule has 0 spiro atoms. The number of amides is 1. The topological polar surface area (TPSA) is 41.1 Å². The molecule has 0 bridgehead atoms. The Labute approximate surface area is 119 Å². The summed E-state index contributed by atoms with van der Waals surface area (Å²) in [6, 6.07) is 7.76. The molecule has 1 unspecified atom stereocenters. The van der Waals surface area contributed by atoms with Crippen molar-refractivity contribution in [2.45, 2.75) is 25.7 Å². The van der Waals surface area contributed by atoms with Crippen LogP contribution in [0.2, 0.25) is 5.02 Å². The monoisotopic (exact) mass is 280 g/mol. The van der Waals surface area contributed by atoms with Gasteiger partial charge in [0.25, 0.3) is 0 Å². The highest BCUT2D eigenvalue weighted by Gasteiger charge is 2.15. The first kappa shape index (κ1) is 14.4. The Hall–Kier alpha value is -1.06. The first-order valence-corrected chi connectivity index (χ1v) is 7.33. The largest absolute Gasteiger partial charge is 0.356 e. The average Bonchev–Trinajstić information content (AvgIpc) is 2.92. The first-order valence-electron chi connectivity index (χ1n) is 6.96. The number of hydrogen-bond donors (Lipinski definition) is 2. The second-order valence-electron chi connectivity index (χ2n) is 5.12. The summed E-state index contributed by atoms with van der Waals surface area (Å²) in [6.07, 6.45) is 3.71. The van der Waals surface area contributed by atoms with Gasteiger partial charge >= 0.3 is 0 Å². The third-order valence-electron chi connectivity index (χ3n) is 3.59. The van der Waals surface area contributed by atoms with Gasteiger partial charge in [-0.3, -0.25) is 4.79 Å². The van der Waals surface area contributed by atoms with Crippen molar-refractivity contribution >= 4 is 17.5 Å². The van der Waals surface area contributed by atoms with Crippen molar-refractivity contribution in [2.24, 2.45) is 5.92 Å². The molecule has 1 fully saturated rings. The van der Waals surface area contributed by atoms with Crippen molar-refractivity contribution in [1.29, 1.82) is 0 Å². The van der Waals surface area contributed by atoms with Crippen molar-refractivity contribution < 1.29 is 4.79 Å². The molecule has 1 heterocycles. The minimum Gasteiger partial charge on any atom is -0.356 e. The van der Waals surface area contributed by atoms with Gasteiger partial charge in [0.1, 0.15) is 0 Å². The van der Waals surface area contributed by atoms with Crippen molar-refractivity contribution in [2.75, 3.05) is 19.6 Å². The molecule has 2 N–H and O–H groups in total. The van der Waals surface area contributed by atoms with E-state index in [1.807, 2.05) is 24.3 Å². The molecule has 0 saturated carbocycles. The van der Waals surface area contributed by atoms with Crippen molar-refractivity contribution in [3.63, 3.8) is 0 Å². The molecular formula is C15H21ClN2O. The minimum absolute atomic E-state index is 0.167. The SMILES string of the molecule is O=C(CCC1CCNC1)NCCc1ccc(Cl)cc1. The van der Waals surface area contributed by atoms with Gasteiger partial charge in [0.15, 0.2) is 0 Å². The predicted molar refractivity (Wildman–Crippen MR) is 78.4 cm³/mol. The van der Waals surface area contributed by atoms with E-state index in [0.29, 0.717) is 18.9 Å². The van der Waals surface area contributed by atoms with Gasteiger partial charge in [-0.1, -0.05) is 23.7 Å². The number of rotatable bonds is 6. The zero-order valence-corrected chi connectivity index (χ0v) is 11.9. The molecule has 0 radical (unpaired) electrons. The van der Waals surface area contributed by atoms with Crippen LogP contribution in [0.25, 0.3) is 0 Å². The highest BCUT2D eigenvalue weighted by atomic mass is 35.5. The lowest BCUT2D eigenvalue weighted by atomic mass is 10.0. The average molecular weight is 281 g/mol. The van der Waals surface area contributed by atoms with E-state index in [1.54, 1.807) is 0 Å². The number of carbonyl (C=O) groups excluding carboxylic acids is 1. The van der Waals surface area contributed by atoms with Gasteiger partial charge in [-0.25, -0.2) is 0 Å². The Balaban J connectivity index is 1.59. The summed E-state index contributed by atoms with van der Waals surface area (Å²) in [5.74, 6) is 0.850. The lowest BCUT2D eigenvalue weighted by Crippen LogP contribution is -2.26. The van der Waals surface area contributed by atoms with E-state index >= 15 is 0 Å². The Morgan fingerprint density at radius 2 is 2.16 bits per heavy atom. The van der Waals surface area contributed by atoms with Gasteiger partial charge in [0, 0.05) is 18.0 Å². The van der Waals surface area contributed by atoms with Crippen LogP contribution in [-0.2, 0) is 11.2 Å². The first-order chi connectivity index (χ1) is 9.24. The Morgan fingerprint density at radius 1 is 1.37 bits per heavy atom. The smallest absolute Gasteiger partial charge is 0.220 e. The van der Waals surface area contributed by atoms with Crippen LogP contribution in [-0.4, -0.2) is 25.5 Å². The normalized spacial score (nSPS) is 18.5. The van der Waals surface area contributed by atoms with Gasteiger partial charge in [-0.2, -0.15) is 0 Å². The zero-order chi connectivity index (χ0) is 13.5. The Kier molecular flexibility index (Phi) is 5.67. The van der Waals surface area contributed by atoms with Gasteiger partial charge in [-0.05, 0) is 56.0 Å². The highest BCUT2D eigenvalue weighted by Crippen LogP contribution is 2.14. The molecule has 104 valence electrons. The second kappa shape index (κ2) is 7.51. The van der Waals surface area contributed by atoms with Crippen LogP contribution in [0.15, 0.2) is 24.3 Å². The molecule has 19 heavy (non-hydrogen) atoms. The number of benzene rings is 1. The van der Waals surface area contributed by atoms with Crippen LogP contribution in [0.1, 0.15) is 24.8 Å². The van der Waals surface area contributed by atoms with E-state index in [9.17, 15) is 4.79 Å². The predicted octanol–water partition coefficient (Wildman–Crippen LogP) is 2.39. The van der Waals surface area contributed by atoms with Gasteiger partial charge < -0.3 is 10.6 Å². The molecule has 2 rings (SSSR count). The molecule has 0 aliphatic carbocycles. The van der Waals surface area contributed by atoms with Gasteiger partial charge in [0.2, 0.25) is 5.91 Å². The second-order valence-corrected chi connectivity index (χ2v) is 5.56. The van der Waals surface area contributed by atoms with Crippen LogP contribution in [0.5, 0.6) is 0 Å². The summed E-state index contributed by atoms with van der Waals surface area (Å²) in [5, 5.41) is 7.05. The summed E-state index contributed by atoms with van der Waals surface area (Å²) < 4.78 is 0. The fraction of sp³-hybridized carbons (Fsp3) is 0.533. The number of halogens is 1. The van der Waals surface area contributed by atoms with Gasteiger partial charge in [0.05, 0.1) is 0 Å². The molecule has 1 aliphatic rings. The fourth-order valence-electron chi connectivity index (χ4n) is 2.38. The quantitative estimate of drug-likeness (QED) is 0.840. The van der Waals surface area contributed by atoms with Crippen LogP contribution >= 0.6 is 11.6 Å². The molecule has 1 aromatic carbocycles. The molecule has 1 saturated heterocycles. The molecule has 0 aromatic heterocycles. The van der Waals surface area contributed by atoms with Crippen molar-refractivity contribution in [1.82, 2.24) is 10.6 Å². The summed E-state index contributed by atoms with van der Waals surface area (Å²) in [6.45, 7) is 2.87. The van der Waals surface area contributed by atoms with E-state index in [2.05, 4.69) is 10.6 Å². The minimum atomic E-state index is 0.167. The standard InChI is InChI=1S/C15H21ClN2O/c16-14-4-1-12(2-5-14)8-10-18-15(19)6-3-13-7-9-17-11-13/h1-2,4-5,13,17H,3,6-11H2,(H,18,19). The third-order valence-corrected chi connectivity index (χ3v) is 3.84.